The van der Waals surface area contributed by atoms with Crippen molar-refractivity contribution < 1.29 is 9.53 Å². The molecule has 0 bridgehead atoms. The highest BCUT2D eigenvalue weighted by Crippen LogP contribution is 2.24. The van der Waals surface area contributed by atoms with Gasteiger partial charge in [-0.25, -0.2) is 0 Å². The summed E-state index contributed by atoms with van der Waals surface area (Å²) in [4.78, 5) is 12.4. The molecule has 2 unspecified atom stereocenters. The smallest absolute Gasteiger partial charge is 0.144 e. The Morgan fingerprint density at radius 2 is 2.25 bits per heavy atom. The number of fused-ring (bicyclic) bond motifs is 1. The number of benzene rings is 1. The molecular formula is C16H20N2O2. The fraction of sp³-hybridized carbons (Fsp3) is 0.500. The first-order chi connectivity index (χ1) is 9.69. The number of aromatic nitrogens is 2. The third kappa shape index (κ3) is 2.36. The third-order valence-electron chi connectivity index (χ3n) is 4.03. The summed E-state index contributed by atoms with van der Waals surface area (Å²) in [7, 11) is 0. The average molecular weight is 272 g/mol. The van der Waals surface area contributed by atoms with Crippen molar-refractivity contribution in [3.8, 4) is 0 Å². The summed E-state index contributed by atoms with van der Waals surface area (Å²) in [6.45, 7) is 5.47. The molecule has 1 aromatic carbocycles. The van der Waals surface area contributed by atoms with Crippen molar-refractivity contribution in [1.29, 1.82) is 0 Å². The van der Waals surface area contributed by atoms with Crippen molar-refractivity contribution >= 4 is 16.7 Å². The van der Waals surface area contributed by atoms with Gasteiger partial charge in [0.2, 0.25) is 0 Å². The van der Waals surface area contributed by atoms with Crippen molar-refractivity contribution in [1.82, 2.24) is 9.78 Å². The van der Waals surface area contributed by atoms with Crippen molar-refractivity contribution in [3.63, 3.8) is 0 Å². The molecule has 2 aromatic rings. The molecule has 0 spiro atoms. The third-order valence-corrected chi connectivity index (χ3v) is 4.03. The number of hydrogen-bond acceptors (Lipinski definition) is 3. The zero-order chi connectivity index (χ0) is 14.1. The van der Waals surface area contributed by atoms with Gasteiger partial charge in [-0.3, -0.25) is 9.48 Å². The first kappa shape index (κ1) is 13.3. The Kier molecular flexibility index (Phi) is 3.57. The van der Waals surface area contributed by atoms with Crippen LogP contribution in [0.3, 0.4) is 0 Å². The highest BCUT2D eigenvalue weighted by Gasteiger charge is 2.28. The quantitative estimate of drug-likeness (QED) is 0.859. The molecule has 4 nitrogen and oxygen atoms in total. The van der Waals surface area contributed by atoms with Gasteiger partial charge < -0.3 is 4.74 Å². The Morgan fingerprint density at radius 1 is 1.45 bits per heavy atom. The van der Waals surface area contributed by atoms with E-state index in [0.29, 0.717) is 13.0 Å². The van der Waals surface area contributed by atoms with E-state index in [1.165, 1.54) is 0 Å². The van der Waals surface area contributed by atoms with E-state index in [4.69, 9.17) is 4.74 Å². The number of ether oxygens (including phenoxy) is 1. The second-order valence-corrected chi connectivity index (χ2v) is 5.50. The number of carbonyl (C=O) groups is 1. The van der Waals surface area contributed by atoms with E-state index in [1.807, 2.05) is 29.8 Å². The first-order valence-electron chi connectivity index (χ1n) is 7.27. The van der Waals surface area contributed by atoms with Crippen LogP contribution in [0, 0.1) is 5.92 Å². The van der Waals surface area contributed by atoms with E-state index in [0.717, 1.165) is 29.6 Å². The molecule has 1 aliphatic rings. The van der Waals surface area contributed by atoms with Gasteiger partial charge >= 0.3 is 0 Å². The van der Waals surface area contributed by atoms with Gasteiger partial charge in [0.05, 0.1) is 30.3 Å². The van der Waals surface area contributed by atoms with Crippen LogP contribution in [0.15, 0.2) is 24.3 Å². The van der Waals surface area contributed by atoms with Crippen molar-refractivity contribution in [3.05, 3.63) is 30.0 Å². The standard InChI is InChI=1S/C16H20N2O2/c1-3-18-15-7-5-4-6-13(15)14(17-18)9-16(19)12-8-11(2)20-10-12/h4-7,11-12H,3,8-10H2,1-2H3. The lowest BCUT2D eigenvalue weighted by atomic mass is 9.97. The number of carbonyl (C=O) groups excluding carboxylic acids is 1. The van der Waals surface area contributed by atoms with Gasteiger partial charge in [-0.15, -0.1) is 0 Å². The topological polar surface area (TPSA) is 44.1 Å². The van der Waals surface area contributed by atoms with Crippen molar-refractivity contribution in [2.24, 2.45) is 5.92 Å². The van der Waals surface area contributed by atoms with Crippen LogP contribution >= 0.6 is 0 Å². The number of nitrogens with zero attached hydrogens (tertiary/aromatic N) is 2. The number of Topliss-reactive ketones (excluding diaryl/α,β-unsaturated/α-hetero) is 1. The molecule has 0 N–H and O–H groups in total. The molecule has 1 fully saturated rings. The molecular weight excluding hydrogens is 252 g/mol. The predicted molar refractivity (Wildman–Crippen MR) is 77.6 cm³/mol. The Bertz CT molecular complexity index is 632. The molecule has 4 heteroatoms. The summed E-state index contributed by atoms with van der Waals surface area (Å²) in [5, 5.41) is 5.69. The van der Waals surface area contributed by atoms with Crippen LogP contribution in [-0.2, 0) is 22.5 Å². The SMILES string of the molecule is CCn1nc(CC(=O)C2COC(C)C2)c2ccccc21. The van der Waals surface area contributed by atoms with Crippen LogP contribution < -0.4 is 0 Å². The highest BCUT2D eigenvalue weighted by molar-refractivity contribution is 5.89. The zero-order valence-corrected chi connectivity index (χ0v) is 12.0. The summed E-state index contributed by atoms with van der Waals surface area (Å²) in [6, 6.07) is 8.11. The maximum atomic E-state index is 12.4. The van der Waals surface area contributed by atoms with Gasteiger partial charge in [0.15, 0.2) is 0 Å². The Labute approximate surface area is 118 Å². The van der Waals surface area contributed by atoms with E-state index >= 15 is 0 Å². The van der Waals surface area contributed by atoms with Crippen molar-refractivity contribution in [2.45, 2.75) is 39.3 Å². The number of para-hydroxylation sites is 1. The summed E-state index contributed by atoms with van der Waals surface area (Å²) < 4.78 is 7.46. The lowest BCUT2D eigenvalue weighted by molar-refractivity contribution is -0.122. The predicted octanol–water partition coefficient (Wildman–Crippen LogP) is 2.59. The molecule has 2 heterocycles. The zero-order valence-electron chi connectivity index (χ0n) is 12.0. The van der Waals surface area contributed by atoms with Gasteiger partial charge in [-0.1, -0.05) is 18.2 Å². The number of aryl methyl sites for hydroxylation is 1. The molecule has 1 aliphatic heterocycles. The number of ketones is 1. The van der Waals surface area contributed by atoms with E-state index < -0.39 is 0 Å². The maximum Gasteiger partial charge on any atom is 0.144 e. The molecule has 0 radical (unpaired) electrons. The maximum absolute atomic E-state index is 12.4. The van der Waals surface area contributed by atoms with Gasteiger partial charge in [-0.05, 0) is 26.3 Å². The largest absolute Gasteiger partial charge is 0.378 e. The molecule has 1 aromatic heterocycles. The summed E-state index contributed by atoms with van der Waals surface area (Å²) in [5.41, 5.74) is 2.00. The van der Waals surface area contributed by atoms with Crippen LogP contribution in [0.2, 0.25) is 0 Å². The Hall–Kier alpha value is -1.68. The van der Waals surface area contributed by atoms with E-state index in [-0.39, 0.29) is 17.8 Å². The summed E-state index contributed by atoms with van der Waals surface area (Å²) in [6.07, 6.45) is 1.45. The molecule has 1 saturated heterocycles. The normalized spacial score (nSPS) is 22.5. The van der Waals surface area contributed by atoms with Gasteiger partial charge in [-0.2, -0.15) is 5.10 Å². The fourth-order valence-corrected chi connectivity index (χ4v) is 2.92. The van der Waals surface area contributed by atoms with Crippen LogP contribution in [-0.4, -0.2) is 28.3 Å². The van der Waals surface area contributed by atoms with E-state index in [2.05, 4.69) is 18.1 Å². The second kappa shape index (κ2) is 5.37. The molecule has 20 heavy (non-hydrogen) atoms. The number of hydrogen-bond donors (Lipinski definition) is 0. The average Bonchev–Trinajstić information content (AvgIpc) is 3.03. The second-order valence-electron chi connectivity index (χ2n) is 5.50. The van der Waals surface area contributed by atoms with Crippen LogP contribution in [0.5, 0.6) is 0 Å². The fourth-order valence-electron chi connectivity index (χ4n) is 2.92. The van der Waals surface area contributed by atoms with Gasteiger partial charge in [0, 0.05) is 17.8 Å². The molecule has 0 amide bonds. The molecule has 0 saturated carbocycles. The lowest BCUT2D eigenvalue weighted by Crippen LogP contribution is -2.17. The van der Waals surface area contributed by atoms with Gasteiger partial charge in [0.1, 0.15) is 5.78 Å². The van der Waals surface area contributed by atoms with Gasteiger partial charge in [0.25, 0.3) is 0 Å². The van der Waals surface area contributed by atoms with Crippen molar-refractivity contribution in [2.75, 3.05) is 6.61 Å². The highest BCUT2D eigenvalue weighted by atomic mass is 16.5. The van der Waals surface area contributed by atoms with Crippen LogP contribution in [0.25, 0.3) is 10.9 Å². The molecule has 2 atom stereocenters. The summed E-state index contributed by atoms with van der Waals surface area (Å²) in [5.74, 6) is 0.288. The monoisotopic (exact) mass is 272 g/mol. The lowest BCUT2D eigenvalue weighted by Gasteiger charge is -2.05. The molecule has 106 valence electrons. The minimum atomic E-state index is 0.0375. The molecule has 3 rings (SSSR count). The van der Waals surface area contributed by atoms with E-state index in [9.17, 15) is 4.79 Å². The van der Waals surface area contributed by atoms with Crippen LogP contribution in [0.1, 0.15) is 26.0 Å². The Balaban J connectivity index is 1.85. The summed E-state index contributed by atoms with van der Waals surface area (Å²) >= 11 is 0. The van der Waals surface area contributed by atoms with E-state index in [1.54, 1.807) is 0 Å². The van der Waals surface area contributed by atoms with Crippen LogP contribution in [0.4, 0.5) is 0 Å². The molecule has 0 aliphatic carbocycles. The Morgan fingerprint density at radius 3 is 2.95 bits per heavy atom. The minimum absolute atomic E-state index is 0.0375. The first-order valence-corrected chi connectivity index (χ1v) is 7.27. The minimum Gasteiger partial charge on any atom is -0.378 e. The number of rotatable bonds is 4.